The molecule has 0 amide bonds. The van der Waals surface area contributed by atoms with E-state index in [1.54, 1.807) is 0 Å². The van der Waals surface area contributed by atoms with Crippen molar-refractivity contribution < 1.29 is 0 Å². The maximum Gasteiger partial charge on any atom is 0.0455 e. The van der Waals surface area contributed by atoms with Crippen LogP contribution in [0.3, 0.4) is 0 Å². The average Bonchev–Trinajstić information content (AvgIpc) is 2.41. The third kappa shape index (κ3) is 3.92. The number of anilines is 2. The minimum Gasteiger partial charge on any atom is -0.383 e. The highest BCUT2D eigenvalue weighted by Crippen LogP contribution is 2.23. The van der Waals surface area contributed by atoms with Crippen LogP contribution in [0, 0.1) is 27.7 Å². The maximum atomic E-state index is 6.12. The number of nitrogens with one attached hydrogen (secondary N) is 2. The third-order valence-corrected chi connectivity index (χ3v) is 4.10. The van der Waals surface area contributed by atoms with Crippen LogP contribution in [0.5, 0.6) is 0 Å². The fourth-order valence-electron chi connectivity index (χ4n) is 2.64. The zero-order valence-corrected chi connectivity index (χ0v) is 13.9. The number of halogens is 1. The molecule has 0 aliphatic heterocycles. The molecule has 2 aromatic carbocycles. The molecule has 0 unspecified atom stereocenters. The van der Waals surface area contributed by atoms with Crippen molar-refractivity contribution in [3.63, 3.8) is 0 Å². The van der Waals surface area contributed by atoms with E-state index in [2.05, 4.69) is 49.6 Å². The van der Waals surface area contributed by atoms with Crippen LogP contribution in [-0.4, -0.2) is 13.1 Å². The van der Waals surface area contributed by atoms with E-state index in [9.17, 15) is 0 Å². The Kier molecular flexibility index (Phi) is 5.13. The Morgan fingerprint density at radius 1 is 0.905 bits per heavy atom. The first-order chi connectivity index (χ1) is 9.99. The Bertz CT molecular complexity index is 612. The van der Waals surface area contributed by atoms with E-state index in [4.69, 9.17) is 11.6 Å². The minimum absolute atomic E-state index is 0.804. The van der Waals surface area contributed by atoms with Gasteiger partial charge in [-0.25, -0.2) is 0 Å². The predicted molar refractivity (Wildman–Crippen MR) is 93.8 cm³/mol. The van der Waals surface area contributed by atoms with E-state index >= 15 is 0 Å². The van der Waals surface area contributed by atoms with Gasteiger partial charge >= 0.3 is 0 Å². The summed E-state index contributed by atoms with van der Waals surface area (Å²) in [4.78, 5) is 0. The first-order valence-corrected chi connectivity index (χ1v) is 7.67. The summed E-state index contributed by atoms with van der Waals surface area (Å²) in [5, 5.41) is 7.75. The highest BCUT2D eigenvalue weighted by atomic mass is 35.5. The molecule has 0 bridgehead atoms. The van der Waals surface area contributed by atoms with Crippen molar-refractivity contribution >= 4 is 23.0 Å². The number of hydrogen-bond acceptors (Lipinski definition) is 2. The van der Waals surface area contributed by atoms with Gasteiger partial charge in [0.1, 0.15) is 0 Å². The summed E-state index contributed by atoms with van der Waals surface area (Å²) in [7, 11) is 0. The molecule has 0 saturated carbocycles. The molecule has 21 heavy (non-hydrogen) atoms. The molecule has 0 aromatic heterocycles. The van der Waals surface area contributed by atoms with Crippen molar-refractivity contribution in [2.24, 2.45) is 0 Å². The van der Waals surface area contributed by atoms with Crippen LogP contribution in [0.1, 0.15) is 22.3 Å². The van der Waals surface area contributed by atoms with E-state index in [1.807, 2.05) is 19.1 Å². The van der Waals surface area contributed by atoms with E-state index in [0.717, 1.165) is 29.4 Å². The molecule has 0 radical (unpaired) electrons. The van der Waals surface area contributed by atoms with E-state index in [-0.39, 0.29) is 0 Å². The zero-order valence-electron chi connectivity index (χ0n) is 13.2. The van der Waals surface area contributed by atoms with Crippen LogP contribution in [0.25, 0.3) is 0 Å². The molecule has 0 spiro atoms. The molecule has 0 saturated heterocycles. The molecule has 3 heteroatoms. The Morgan fingerprint density at radius 3 is 2.19 bits per heavy atom. The number of hydrogen-bond donors (Lipinski definition) is 2. The SMILES string of the molecule is Cc1cc(C)c(NCCNc2cccc(Cl)c2C)c(C)c1. The van der Waals surface area contributed by atoms with Crippen molar-refractivity contribution in [1.82, 2.24) is 0 Å². The molecule has 112 valence electrons. The van der Waals surface area contributed by atoms with Gasteiger partial charge in [-0.3, -0.25) is 0 Å². The van der Waals surface area contributed by atoms with Crippen LogP contribution in [0.4, 0.5) is 11.4 Å². The lowest BCUT2D eigenvalue weighted by Gasteiger charge is -2.15. The molecule has 0 fully saturated rings. The summed E-state index contributed by atoms with van der Waals surface area (Å²) in [5.74, 6) is 0. The molecule has 2 rings (SSSR count). The topological polar surface area (TPSA) is 24.1 Å². The highest BCUT2D eigenvalue weighted by molar-refractivity contribution is 6.31. The summed E-state index contributed by atoms with van der Waals surface area (Å²) in [6, 6.07) is 10.4. The van der Waals surface area contributed by atoms with Gasteiger partial charge in [0.15, 0.2) is 0 Å². The summed E-state index contributed by atoms with van der Waals surface area (Å²) in [6.45, 7) is 10.2. The van der Waals surface area contributed by atoms with Crippen molar-refractivity contribution in [3.8, 4) is 0 Å². The summed E-state index contributed by atoms with van der Waals surface area (Å²) in [5.41, 5.74) is 7.34. The van der Waals surface area contributed by atoms with Crippen LogP contribution in [0.15, 0.2) is 30.3 Å². The fourth-order valence-corrected chi connectivity index (χ4v) is 2.82. The van der Waals surface area contributed by atoms with Gasteiger partial charge in [-0.1, -0.05) is 35.4 Å². The Hall–Kier alpha value is -1.67. The fraction of sp³-hybridized carbons (Fsp3) is 0.333. The lowest BCUT2D eigenvalue weighted by Crippen LogP contribution is -2.15. The van der Waals surface area contributed by atoms with E-state index < -0.39 is 0 Å². The molecular weight excluding hydrogens is 280 g/mol. The number of benzene rings is 2. The van der Waals surface area contributed by atoms with Gasteiger partial charge in [0, 0.05) is 29.5 Å². The average molecular weight is 303 g/mol. The van der Waals surface area contributed by atoms with Gasteiger partial charge in [0.25, 0.3) is 0 Å². The van der Waals surface area contributed by atoms with Crippen molar-refractivity contribution in [2.45, 2.75) is 27.7 Å². The quantitative estimate of drug-likeness (QED) is 0.751. The summed E-state index contributed by atoms with van der Waals surface area (Å²) >= 11 is 6.12. The molecule has 0 aliphatic carbocycles. The second kappa shape index (κ2) is 6.86. The van der Waals surface area contributed by atoms with Gasteiger partial charge in [-0.05, 0) is 56.5 Å². The molecule has 2 nitrogen and oxygen atoms in total. The smallest absolute Gasteiger partial charge is 0.0455 e. The number of aryl methyl sites for hydroxylation is 3. The summed E-state index contributed by atoms with van der Waals surface area (Å²) < 4.78 is 0. The van der Waals surface area contributed by atoms with Gasteiger partial charge in [0.05, 0.1) is 0 Å². The molecule has 0 heterocycles. The Balaban J connectivity index is 1.92. The van der Waals surface area contributed by atoms with Gasteiger partial charge in [-0.2, -0.15) is 0 Å². The van der Waals surface area contributed by atoms with Crippen LogP contribution < -0.4 is 10.6 Å². The molecular formula is C18H23ClN2. The van der Waals surface area contributed by atoms with Gasteiger partial charge in [0.2, 0.25) is 0 Å². The lowest BCUT2D eigenvalue weighted by molar-refractivity contribution is 1.06. The lowest BCUT2D eigenvalue weighted by atomic mass is 10.1. The number of rotatable bonds is 5. The first kappa shape index (κ1) is 15.7. The molecule has 0 atom stereocenters. The second-order valence-electron chi connectivity index (χ2n) is 5.54. The highest BCUT2D eigenvalue weighted by Gasteiger charge is 2.04. The van der Waals surface area contributed by atoms with Crippen LogP contribution in [0.2, 0.25) is 5.02 Å². The Labute approximate surface area is 132 Å². The van der Waals surface area contributed by atoms with Crippen LogP contribution in [-0.2, 0) is 0 Å². The van der Waals surface area contributed by atoms with E-state index in [1.165, 1.54) is 22.4 Å². The van der Waals surface area contributed by atoms with Gasteiger partial charge in [-0.15, -0.1) is 0 Å². The maximum absolute atomic E-state index is 6.12. The molecule has 2 N–H and O–H groups in total. The summed E-state index contributed by atoms with van der Waals surface area (Å²) in [6.07, 6.45) is 0. The van der Waals surface area contributed by atoms with Crippen molar-refractivity contribution in [1.29, 1.82) is 0 Å². The monoisotopic (exact) mass is 302 g/mol. The normalized spacial score (nSPS) is 10.5. The van der Waals surface area contributed by atoms with Crippen molar-refractivity contribution in [2.75, 3.05) is 23.7 Å². The largest absolute Gasteiger partial charge is 0.383 e. The Morgan fingerprint density at radius 2 is 1.52 bits per heavy atom. The van der Waals surface area contributed by atoms with Gasteiger partial charge < -0.3 is 10.6 Å². The first-order valence-electron chi connectivity index (χ1n) is 7.29. The minimum atomic E-state index is 0.804. The second-order valence-corrected chi connectivity index (χ2v) is 5.95. The third-order valence-electron chi connectivity index (χ3n) is 3.69. The predicted octanol–water partition coefficient (Wildman–Crippen LogP) is 5.10. The van der Waals surface area contributed by atoms with Crippen LogP contribution >= 0.6 is 11.6 Å². The van der Waals surface area contributed by atoms with E-state index in [0.29, 0.717) is 0 Å². The molecule has 0 aliphatic rings. The standard InChI is InChI=1S/C18H23ClN2/c1-12-10-13(2)18(14(3)11-12)21-9-8-20-17-7-5-6-16(19)15(17)4/h5-7,10-11,20-21H,8-9H2,1-4H3. The van der Waals surface area contributed by atoms with Crippen molar-refractivity contribution in [3.05, 3.63) is 57.6 Å². The zero-order chi connectivity index (χ0) is 15.4. The molecule has 2 aromatic rings.